The minimum Gasteiger partial charge on any atom is -0.454 e. The normalized spacial score (nSPS) is 12.8. The molecule has 0 aliphatic rings. The summed E-state index contributed by atoms with van der Waals surface area (Å²) in [6, 6.07) is 13.8. The number of pyridine rings is 1. The first-order valence-corrected chi connectivity index (χ1v) is 7.64. The Hall–Kier alpha value is -3.35. The second-order valence-corrected chi connectivity index (χ2v) is 5.72. The SMILES string of the molecule is ON=c1cc(-c2cc3ccccc3cn2)oc2ccc(C(F)(F)F)cc12. The number of benzene rings is 2. The number of rotatable bonds is 1. The third-order valence-corrected chi connectivity index (χ3v) is 4.06. The molecule has 2 aromatic carbocycles. The number of aromatic nitrogens is 1. The molecular formula is C19H11F3N2O2. The van der Waals surface area contributed by atoms with Crippen LogP contribution in [0.1, 0.15) is 5.56 Å². The summed E-state index contributed by atoms with van der Waals surface area (Å²) in [4.78, 5) is 4.32. The minimum atomic E-state index is -4.50. The lowest BCUT2D eigenvalue weighted by molar-refractivity contribution is -0.137. The average molecular weight is 356 g/mol. The lowest BCUT2D eigenvalue weighted by atomic mass is 10.1. The van der Waals surface area contributed by atoms with Crippen LogP contribution < -0.4 is 5.36 Å². The molecule has 0 atom stereocenters. The van der Waals surface area contributed by atoms with Crippen LogP contribution in [0.3, 0.4) is 0 Å². The van der Waals surface area contributed by atoms with Crippen LogP contribution >= 0.6 is 0 Å². The molecule has 7 heteroatoms. The molecule has 2 heterocycles. The highest BCUT2D eigenvalue weighted by atomic mass is 19.4. The molecule has 0 amide bonds. The van der Waals surface area contributed by atoms with Crippen molar-refractivity contribution in [1.82, 2.24) is 4.98 Å². The fraction of sp³-hybridized carbons (Fsp3) is 0.0526. The number of nitrogens with zero attached hydrogens (tertiary/aromatic N) is 2. The van der Waals surface area contributed by atoms with Gasteiger partial charge < -0.3 is 9.62 Å². The van der Waals surface area contributed by atoms with Crippen molar-refractivity contribution in [2.45, 2.75) is 6.18 Å². The van der Waals surface area contributed by atoms with E-state index in [0.717, 1.165) is 22.9 Å². The lowest BCUT2D eigenvalue weighted by Crippen LogP contribution is -2.08. The Kier molecular flexibility index (Phi) is 3.64. The van der Waals surface area contributed by atoms with Crippen molar-refractivity contribution in [3.05, 3.63) is 71.7 Å². The molecule has 0 aliphatic carbocycles. The van der Waals surface area contributed by atoms with Crippen molar-refractivity contribution in [2.24, 2.45) is 5.16 Å². The van der Waals surface area contributed by atoms with E-state index in [-0.39, 0.29) is 22.1 Å². The van der Waals surface area contributed by atoms with Crippen molar-refractivity contribution in [3.63, 3.8) is 0 Å². The van der Waals surface area contributed by atoms with E-state index in [1.54, 1.807) is 12.3 Å². The molecule has 0 saturated heterocycles. The molecule has 0 bridgehead atoms. The molecule has 2 aromatic heterocycles. The fourth-order valence-electron chi connectivity index (χ4n) is 2.77. The van der Waals surface area contributed by atoms with Gasteiger partial charge in [0.25, 0.3) is 0 Å². The van der Waals surface area contributed by atoms with E-state index in [2.05, 4.69) is 10.1 Å². The van der Waals surface area contributed by atoms with Crippen molar-refractivity contribution in [2.75, 3.05) is 0 Å². The van der Waals surface area contributed by atoms with Crippen molar-refractivity contribution in [1.29, 1.82) is 0 Å². The molecule has 4 aromatic rings. The quantitative estimate of drug-likeness (QED) is 0.387. The van der Waals surface area contributed by atoms with Crippen LogP contribution in [0.25, 0.3) is 33.2 Å². The Morgan fingerprint density at radius 3 is 2.46 bits per heavy atom. The summed E-state index contributed by atoms with van der Waals surface area (Å²) >= 11 is 0. The maximum absolute atomic E-state index is 12.9. The smallest absolute Gasteiger partial charge is 0.416 e. The molecular weight excluding hydrogens is 345 g/mol. The minimum absolute atomic E-state index is 0.0256. The summed E-state index contributed by atoms with van der Waals surface area (Å²) in [5.74, 6) is 0.288. The Bertz CT molecular complexity index is 1200. The van der Waals surface area contributed by atoms with Crippen molar-refractivity contribution >= 4 is 21.7 Å². The monoisotopic (exact) mass is 356 g/mol. The van der Waals surface area contributed by atoms with Crippen LogP contribution in [0, 0.1) is 0 Å². The average Bonchev–Trinajstić information content (AvgIpc) is 2.65. The van der Waals surface area contributed by atoms with E-state index >= 15 is 0 Å². The third kappa shape index (κ3) is 2.77. The van der Waals surface area contributed by atoms with Gasteiger partial charge in [0.2, 0.25) is 0 Å². The zero-order chi connectivity index (χ0) is 18.3. The summed E-state index contributed by atoms with van der Waals surface area (Å²) in [7, 11) is 0. The summed E-state index contributed by atoms with van der Waals surface area (Å²) < 4.78 is 44.4. The van der Waals surface area contributed by atoms with E-state index in [0.29, 0.717) is 5.69 Å². The molecule has 0 spiro atoms. The van der Waals surface area contributed by atoms with Gasteiger partial charge in [-0.25, -0.2) is 0 Å². The van der Waals surface area contributed by atoms with E-state index in [1.165, 1.54) is 12.1 Å². The first-order chi connectivity index (χ1) is 12.5. The number of fused-ring (bicyclic) bond motifs is 2. The molecule has 4 nitrogen and oxygen atoms in total. The van der Waals surface area contributed by atoms with Crippen LogP contribution in [0.2, 0.25) is 0 Å². The van der Waals surface area contributed by atoms with Crippen LogP contribution in [0.5, 0.6) is 0 Å². The molecule has 1 N–H and O–H groups in total. The fourth-order valence-corrected chi connectivity index (χ4v) is 2.77. The molecule has 0 unspecified atom stereocenters. The van der Waals surface area contributed by atoms with Gasteiger partial charge in [-0.1, -0.05) is 29.4 Å². The van der Waals surface area contributed by atoms with Crippen LogP contribution in [0.15, 0.2) is 70.4 Å². The molecule has 0 aliphatic heterocycles. The molecule has 4 rings (SSSR count). The van der Waals surface area contributed by atoms with E-state index in [1.807, 2.05) is 24.3 Å². The molecule has 0 saturated carbocycles. The first-order valence-electron chi connectivity index (χ1n) is 7.64. The van der Waals surface area contributed by atoms with E-state index < -0.39 is 11.7 Å². The summed E-state index contributed by atoms with van der Waals surface area (Å²) in [5.41, 5.74) is -0.199. The van der Waals surface area contributed by atoms with Crippen LogP contribution in [-0.2, 0) is 6.18 Å². The molecule has 0 fully saturated rings. The molecule has 130 valence electrons. The third-order valence-electron chi connectivity index (χ3n) is 4.06. The predicted octanol–water partition coefficient (Wildman–Crippen LogP) is 4.96. The Labute approximate surface area is 144 Å². The summed E-state index contributed by atoms with van der Waals surface area (Å²) in [6.07, 6.45) is -2.83. The van der Waals surface area contributed by atoms with Gasteiger partial charge >= 0.3 is 6.18 Å². The first kappa shape index (κ1) is 16.1. The zero-order valence-electron chi connectivity index (χ0n) is 13.2. The highest BCUT2D eigenvalue weighted by Crippen LogP contribution is 2.31. The summed E-state index contributed by atoms with van der Waals surface area (Å²) in [5, 5.41) is 14.3. The Morgan fingerprint density at radius 2 is 1.73 bits per heavy atom. The van der Waals surface area contributed by atoms with Gasteiger partial charge in [0.05, 0.1) is 5.56 Å². The van der Waals surface area contributed by atoms with Gasteiger partial charge in [0.1, 0.15) is 16.6 Å². The van der Waals surface area contributed by atoms with E-state index in [4.69, 9.17) is 4.42 Å². The largest absolute Gasteiger partial charge is 0.454 e. The van der Waals surface area contributed by atoms with Gasteiger partial charge in [-0.15, -0.1) is 0 Å². The van der Waals surface area contributed by atoms with Gasteiger partial charge in [-0.05, 0) is 29.7 Å². The topological polar surface area (TPSA) is 58.6 Å². The standard InChI is InChI=1S/C19H11F3N2O2/c20-19(21,22)13-5-6-17-14(8-13)15(24-25)9-18(26-17)16-7-11-3-1-2-4-12(11)10-23-16/h1-10,25H. The number of hydrogen-bond donors (Lipinski definition) is 1. The van der Waals surface area contributed by atoms with Crippen LogP contribution in [-0.4, -0.2) is 10.2 Å². The molecule has 26 heavy (non-hydrogen) atoms. The maximum Gasteiger partial charge on any atom is 0.416 e. The Balaban J connectivity index is 1.93. The second kappa shape index (κ2) is 5.87. The van der Waals surface area contributed by atoms with Crippen molar-refractivity contribution in [3.8, 4) is 11.5 Å². The Morgan fingerprint density at radius 1 is 0.962 bits per heavy atom. The van der Waals surface area contributed by atoms with Crippen molar-refractivity contribution < 1.29 is 22.8 Å². The summed E-state index contributed by atoms with van der Waals surface area (Å²) in [6.45, 7) is 0. The highest BCUT2D eigenvalue weighted by Gasteiger charge is 2.30. The van der Waals surface area contributed by atoms with Gasteiger partial charge in [0, 0.05) is 23.0 Å². The van der Waals surface area contributed by atoms with Gasteiger partial charge in [-0.2, -0.15) is 13.2 Å². The number of alkyl halides is 3. The maximum atomic E-state index is 12.9. The zero-order valence-corrected chi connectivity index (χ0v) is 13.2. The second-order valence-electron chi connectivity index (χ2n) is 5.72. The van der Waals surface area contributed by atoms with Gasteiger partial charge in [-0.3, -0.25) is 4.98 Å². The molecule has 0 radical (unpaired) electrons. The van der Waals surface area contributed by atoms with Crippen LogP contribution in [0.4, 0.5) is 13.2 Å². The number of halogens is 3. The van der Waals surface area contributed by atoms with E-state index in [9.17, 15) is 18.4 Å². The lowest BCUT2D eigenvalue weighted by Gasteiger charge is -2.09. The predicted molar refractivity (Wildman–Crippen MR) is 89.3 cm³/mol. The number of hydrogen-bond acceptors (Lipinski definition) is 4. The highest BCUT2D eigenvalue weighted by molar-refractivity contribution is 5.85. The van der Waals surface area contributed by atoms with Gasteiger partial charge in [0.15, 0.2) is 5.76 Å².